The second-order valence-electron chi connectivity index (χ2n) is 6.78. The summed E-state index contributed by atoms with van der Waals surface area (Å²) in [6, 6.07) is 7.26. The molecule has 1 saturated heterocycles. The SMILES string of the molecule is Cc1ccc(OCC(=O)Nc2cc(C)nn2C2CCS(=O)(=O)C2)c(C)c1. The summed E-state index contributed by atoms with van der Waals surface area (Å²) in [5.74, 6) is 1.05. The van der Waals surface area contributed by atoms with Gasteiger partial charge in [0.1, 0.15) is 11.6 Å². The molecule has 8 heteroatoms. The molecular formula is C18H23N3O4S. The Hall–Kier alpha value is -2.35. The van der Waals surface area contributed by atoms with Crippen LogP contribution < -0.4 is 10.1 Å². The van der Waals surface area contributed by atoms with Crippen molar-refractivity contribution in [1.29, 1.82) is 0 Å². The second-order valence-corrected chi connectivity index (χ2v) is 9.01. The number of rotatable bonds is 5. The van der Waals surface area contributed by atoms with Crippen molar-refractivity contribution < 1.29 is 17.9 Å². The molecule has 1 aliphatic heterocycles. The van der Waals surface area contributed by atoms with Crippen molar-refractivity contribution in [3.63, 3.8) is 0 Å². The van der Waals surface area contributed by atoms with E-state index in [-0.39, 0.29) is 30.1 Å². The Morgan fingerprint density at radius 2 is 2.08 bits per heavy atom. The molecule has 140 valence electrons. The Morgan fingerprint density at radius 3 is 2.73 bits per heavy atom. The van der Waals surface area contributed by atoms with E-state index in [0.717, 1.165) is 16.8 Å². The zero-order valence-electron chi connectivity index (χ0n) is 15.2. The van der Waals surface area contributed by atoms with Crippen LogP contribution >= 0.6 is 0 Å². The van der Waals surface area contributed by atoms with Crippen molar-refractivity contribution >= 4 is 21.6 Å². The largest absolute Gasteiger partial charge is 0.483 e. The minimum atomic E-state index is -3.03. The number of carbonyl (C=O) groups is 1. The third kappa shape index (κ3) is 4.24. The zero-order valence-corrected chi connectivity index (χ0v) is 16.0. The average molecular weight is 377 g/mol. The van der Waals surface area contributed by atoms with E-state index in [1.807, 2.05) is 39.0 Å². The molecule has 0 spiro atoms. The fraction of sp³-hybridized carbons (Fsp3) is 0.444. The Bertz CT molecular complexity index is 934. The van der Waals surface area contributed by atoms with Crippen molar-refractivity contribution in [2.75, 3.05) is 23.4 Å². The number of anilines is 1. The van der Waals surface area contributed by atoms with Gasteiger partial charge in [0.05, 0.1) is 23.2 Å². The van der Waals surface area contributed by atoms with Crippen LogP contribution in [0.25, 0.3) is 0 Å². The lowest BCUT2D eigenvalue weighted by atomic mass is 10.1. The molecule has 1 amide bonds. The fourth-order valence-corrected chi connectivity index (χ4v) is 4.83. The molecule has 7 nitrogen and oxygen atoms in total. The molecule has 1 aromatic carbocycles. The van der Waals surface area contributed by atoms with Gasteiger partial charge >= 0.3 is 0 Å². The predicted octanol–water partition coefficient (Wildman–Crippen LogP) is 2.19. The number of benzene rings is 1. The molecular weight excluding hydrogens is 354 g/mol. The molecule has 0 radical (unpaired) electrons. The van der Waals surface area contributed by atoms with Crippen LogP contribution in [0, 0.1) is 20.8 Å². The van der Waals surface area contributed by atoms with Gasteiger partial charge in [0.2, 0.25) is 0 Å². The van der Waals surface area contributed by atoms with Gasteiger partial charge in [0, 0.05) is 6.07 Å². The molecule has 0 saturated carbocycles. The maximum absolute atomic E-state index is 12.3. The Kier molecular flexibility index (Phi) is 5.04. The maximum Gasteiger partial charge on any atom is 0.263 e. The maximum atomic E-state index is 12.3. The van der Waals surface area contributed by atoms with Crippen LogP contribution in [-0.2, 0) is 14.6 Å². The number of hydrogen-bond donors (Lipinski definition) is 1. The third-order valence-corrected chi connectivity index (χ3v) is 6.12. The first-order valence-electron chi connectivity index (χ1n) is 8.50. The van der Waals surface area contributed by atoms with Gasteiger partial charge in [-0.2, -0.15) is 5.10 Å². The highest BCUT2D eigenvalue weighted by atomic mass is 32.2. The van der Waals surface area contributed by atoms with Gasteiger partial charge in [-0.15, -0.1) is 0 Å². The molecule has 3 rings (SSSR count). The van der Waals surface area contributed by atoms with E-state index in [0.29, 0.717) is 18.0 Å². The lowest BCUT2D eigenvalue weighted by Crippen LogP contribution is -2.24. The van der Waals surface area contributed by atoms with Crippen LogP contribution in [0.2, 0.25) is 0 Å². The van der Waals surface area contributed by atoms with E-state index < -0.39 is 9.84 Å². The average Bonchev–Trinajstić information content (AvgIpc) is 3.08. The number of aromatic nitrogens is 2. The lowest BCUT2D eigenvalue weighted by Gasteiger charge is -2.14. The summed E-state index contributed by atoms with van der Waals surface area (Å²) in [6.07, 6.45) is 0.505. The quantitative estimate of drug-likeness (QED) is 0.862. The molecule has 2 aromatic rings. The summed E-state index contributed by atoms with van der Waals surface area (Å²) < 4.78 is 30.6. The Labute approximate surface area is 153 Å². The van der Waals surface area contributed by atoms with Gasteiger partial charge < -0.3 is 10.1 Å². The summed E-state index contributed by atoms with van der Waals surface area (Å²) in [6.45, 7) is 5.61. The molecule has 26 heavy (non-hydrogen) atoms. The first-order chi connectivity index (χ1) is 12.2. The topological polar surface area (TPSA) is 90.3 Å². The number of carbonyl (C=O) groups excluding carboxylic acids is 1. The minimum absolute atomic E-state index is 0.0516. The first kappa shape index (κ1) is 18.4. The van der Waals surface area contributed by atoms with Crippen LogP contribution in [0.1, 0.15) is 29.3 Å². The van der Waals surface area contributed by atoms with Gasteiger partial charge in [0.15, 0.2) is 16.4 Å². The van der Waals surface area contributed by atoms with Crippen LogP contribution in [0.15, 0.2) is 24.3 Å². The van der Waals surface area contributed by atoms with E-state index in [1.165, 1.54) is 0 Å². The summed E-state index contributed by atoms with van der Waals surface area (Å²) in [7, 11) is -3.03. The third-order valence-electron chi connectivity index (χ3n) is 4.37. The normalized spacial score (nSPS) is 18.7. The second kappa shape index (κ2) is 7.11. The fourth-order valence-electron chi connectivity index (χ4n) is 3.14. The summed E-state index contributed by atoms with van der Waals surface area (Å²) in [5, 5.41) is 7.13. The number of nitrogens with zero attached hydrogens (tertiary/aromatic N) is 2. The van der Waals surface area contributed by atoms with E-state index in [2.05, 4.69) is 10.4 Å². The minimum Gasteiger partial charge on any atom is -0.483 e. The van der Waals surface area contributed by atoms with Crippen molar-refractivity contribution in [3.8, 4) is 5.75 Å². The monoisotopic (exact) mass is 377 g/mol. The van der Waals surface area contributed by atoms with Crippen LogP contribution in [0.3, 0.4) is 0 Å². The predicted molar refractivity (Wildman–Crippen MR) is 99.3 cm³/mol. The summed E-state index contributed by atoms with van der Waals surface area (Å²) in [5.41, 5.74) is 2.82. The van der Waals surface area contributed by atoms with E-state index >= 15 is 0 Å². The Morgan fingerprint density at radius 1 is 1.31 bits per heavy atom. The zero-order chi connectivity index (χ0) is 18.9. The van der Waals surface area contributed by atoms with Gasteiger partial charge in [0.25, 0.3) is 5.91 Å². The molecule has 1 unspecified atom stereocenters. The summed E-state index contributed by atoms with van der Waals surface area (Å²) >= 11 is 0. The highest BCUT2D eigenvalue weighted by Crippen LogP contribution is 2.27. The first-order valence-corrected chi connectivity index (χ1v) is 10.3. The number of amides is 1. The van der Waals surface area contributed by atoms with Gasteiger partial charge in [-0.1, -0.05) is 17.7 Å². The lowest BCUT2D eigenvalue weighted by molar-refractivity contribution is -0.118. The van der Waals surface area contributed by atoms with Crippen molar-refractivity contribution in [1.82, 2.24) is 9.78 Å². The van der Waals surface area contributed by atoms with Crippen LogP contribution in [0.4, 0.5) is 5.82 Å². The number of nitrogens with one attached hydrogen (secondary N) is 1. The molecule has 1 aromatic heterocycles. The number of hydrogen-bond acceptors (Lipinski definition) is 5. The molecule has 0 bridgehead atoms. The Balaban J connectivity index is 1.66. The van der Waals surface area contributed by atoms with Gasteiger partial charge in [-0.25, -0.2) is 13.1 Å². The van der Waals surface area contributed by atoms with E-state index in [4.69, 9.17) is 4.74 Å². The van der Waals surface area contributed by atoms with Gasteiger partial charge in [-0.3, -0.25) is 4.79 Å². The number of aryl methyl sites for hydroxylation is 3. The van der Waals surface area contributed by atoms with Crippen molar-refractivity contribution in [2.24, 2.45) is 0 Å². The standard InChI is InChI=1S/C18H23N3O4S/c1-12-4-5-16(13(2)8-12)25-10-18(22)19-17-9-14(3)20-21(17)15-6-7-26(23,24)11-15/h4-5,8-9,15H,6-7,10-11H2,1-3H3,(H,19,22). The molecule has 1 N–H and O–H groups in total. The smallest absolute Gasteiger partial charge is 0.263 e. The molecule has 1 atom stereocenters. The van der Waals surface area contributed by atoms with Crippen molar-refractivity contribution in [2.45, 2.75) is 33.2 Å². The molecule has 0 aliphatic carbocycles. The van der Waals surface area contributed by atoms with Crippen molar-refractivity contribution in [3.05, 3.63) is 41.1 Å². The number of ether oxygens (including phenoxy) is 1. The molecule has 1 fully saturated rings. The number of sulfone groups is 1. The van der Waals surface area contributed by atoms with E-state index in [9.17, 15) is 13.2 Å². The van der Waals surface area contributed by atoms with Crippen LogP contribution in [0.5, 0.6) is 5.75 Å². The van der Waals surface area contributed by atoms with Gasteiger partial charge in [-0.05, 0) is 38.8 Å². The summed E-state index contributed by atoms with van der Waals surface area (Å²) in [4.78, 5) is 12.3. The highest BCUT2D eigenvalue weighted by molar-refractivity contribution is 7.91. The molecule has 1 aliphatic rings. The highest BCUT2D eigenvalue weighted by Gasteiger charge is 2.31. The van der Waals surface area contributed by atoms with Crippen LogP contribution in [-0.4, -0.2) is 42.2 Å². The van der Waals surface area contributed by atoms with E-state index in [1.54, 1.807) is 10.7 Å². The molecule has 2 heterocycles.